The minimum Gasteiger partial charge on any atom is -0.322 e. The highest BCUT2D eigenvalue weighted by molar-refractivity contribution is 5.23. The molecule has 0 amide bonds. The lowest BCUT2D eigenvalue weighted by atomic mass is 9.84. The number of benzene rings is 1. The van der Waals surface area contributed by atoms with E-state index in [0.717, 1.165) is 25.1 Å². The average Bonchev–Trinajstić information content (AvgIpc) is 2.92. The Morgan fingerprint density at radius 1 is 1.28 bits per heavy atom. The standard InChI is InChI=1S/C15H23FN2/c1-3-15(2,18-10-4-5-11-18)14(17)12-6-8-13(16)9-7-12/h6-9,14H,3-5,10-11,17H2,1-2H3. The van der Waals surface area contributed by atoms with Gasteiger partial charge in [0, 0.05) is 11.6 Å². The molecule has 1 aliphatic heterocycles. The van der Waals surface area contributed by atoms with Gasteiger partial charge in [0.15, 0.2) is 0 Å². The Morgan fingerprint density at radius 3 is 2.33 bits per heavy atom. The van der Waals surface area contributed by atoms with Crippen molar-refractivity contribution in [2.75, 3.05) is 13.1 Å². The van der Waals surface area contributed by atoms with E-state index in [2.05, 4.69) is 18.7 Å². The Labute approximate surface area is 109 Å². The predicted octanol–water partition coefficient (Wildman–Crippen LogP) is 3.09. The van der Waals surface area contributed by atoms with Crippen LogP contribution in [0.3, 0.4) is 0 Å². The van der Waals surface area contributed by atoms with Crippen LogP contribution in [0.1, 0.15) is 44.7 Å². The molecule has 1 heterocycles. The van der Waals surface area contributed by atoms with Gasteiger partial charge in [-0.3, -0.25) is 4.90 Å². The second kappa shape index (κ2) is 5.37. The molecule has 0 bridgehead atoms. The van der Waals surface area contributed by atoms with E-state index in [0.29, 0.717) is 0 Å². The van der Waals surface area contributed by atoms with Crippen molar-refractivity contribution in [3.8, 4) is 0 Å². The van der Waals surface area contributed by atoms with E-state index in [9.17, 15) is 4.39 Å². The summed E-state index contributed by atoms with van der Waals surface area (Å²) in [6.07, 6.45) is 3.52. The minimum absolute atomic E-state index is 0.0334. The number of nitrogens with two attached hydrogens (primary N) is 1. The Bertz CT molecular complexity index is 384. The molecule has 1 fully saturated rings. The summed E-state index contributed by atoms with van der Waals surface area (Å²) in [4.78, 5) is 2.49. The Balaban J connectivity index is 2.23. The molecule has 2 unspecified atom stereocenters. The molecule has 18 heavy (non-hydrogen) atoms. The zero-order valence-electron chi connectivity index (χ0n) is 11.3. The second-order valence-electron chi connectivity index (χ2n) is 5.43. The highest BCUT2D eigenvalue weighted by Crippen LogP contribution is 2.34. The number of nitrogens with zero attached hydrogens (tertiary/aromatic N) is 1. The van der Waals surface area contributed by atoms with Crippen LogP contribution in [0.25, 0.3) is 0 Å². The first-order chi connectivity index (χ1) is 8.58. The van der Waals surface area contributed by atoms with Crippen LogP contribution in [0.15, 0.2) is 24.3 Å². The lowest BCUT2D eigenvalue weighted by molar-refractivity contribution is 0.1000. The van der Waals surface area contributed by atoms with Gasteiger partial charge in [0.1, 0.15) is 5.82 Å². The topological polar surface area (TPSA) is 29.3 Å². The van der Waals surface area contributed by atoms with Crippen molar-refractivity contribution in [2.45, 2.75) is 44.7 Å². The van der Waals surface area contributed by atoms with Crippen LogP contribution < -0.4 is 5.73 Å². The molecule has 2 atom stereocenters. The van der Waals surface area contributed by atoms with E-state index < -0.39 is 0 Å². The third kappa shape index (κ3) is 2.43. The number of halogens is 1. The van der Waals surface area contributed by atoms with Crippen molar-refractivity contribution in [3.63, 3.8) is 0 Å². The fourth-order valence-corrected chi connectivity index (χ4v) is 2.90. The van der Waals surface area contributed by atoms with Gasteiger partial charge in [-0.2, -0.15) is 0 Å². The molecule has 1 aliphatic rings. The predicted molar refractivity (Wildman–Crippen MR) is 72.8 cm³/mol. The summed E-state index contributed by atoms with van der Waals surface area (Å²) in [6, 6.07) is 6.54. The third-order valence-electron chi connectivity index (χ3n) is 4.44. The van der Waals surface area contributed by atoms with Crippen LogP contribution >= 0.6 is 0 Å². The van der Waals surface area contributed by atoms with Gasteiger partial charge in [0.2, 0.25) is 0 Å². The van der Waals surface area contributed by atoms with Gasteiger partial charge < -0.3 is 5.73 Å². The molecule has 1 aromatic rings. The molecule has 2 nitrogen and oxygen atoms in total. The molecule has 0 spiro atoms. The first kappa shape index (κ1) is 13.5. The van der Waals surface area contributed by atoms with Crippen molar-refractivity contribution < 1.29 is 4.39 Å². The smallest absolute Gasteiger partial charge is 0.123 e. The third-order valence-corrected chi connectivity index (χ3v) is 4.44. The first-order valence-electron chi connectivity index (χ1n) is 6.84. The highest BCUT2D eigenvalue weighted by Gasteiger charge is 2.38. The number of hydrogen-bond acceptors (Lipinski definition) is 2. The van der Waals surface area contributed by atoms with Crippen molar-refractivity contribution in [3.05, 3.63) is 35.6 Å². The maximum Gasteiger partial charge on any atom is 0.123 e. The SMILES string of the molecule is CCC(C)(C(N)c1ccc(F)cc1)N1CCCC1. The fraction of sp³-hybridized carbons (Fsp3) is 0.600. The number of rotatable bonds is 4. The summed E-state index contributed by atoms with van der Waals surface area (Å²) in [6.45, 7) is 6.66. The molecule has 0 radical (unpaired) electrons. The summed E-state index contributed by atoms with van der Waals surface area (Å²) in [5.74, 6) is -0.203. The summed E-state index contributed by atoms with van der Waals surface area (Å²) in [7, 11) is 0. The van der Waals surface area contributed by atoms with Crippen LogP contribution in [0.4, 0.5) is 4.39 Å². The fourth-order valence-electron chi connectivity index (χ4n) is 2.90. The van der Waals surface area contributed by atoms with Gasteiger partial charge in [-0.15, -0.1) is 0 Å². The van der Waals surface area contributed by atoms with Crippen LogP contribution in [0, 0.1) is 5.82 Å². The van der Waals surface area contributed by atoms with Crippen LogP contribution in [0.2, 0.25) is 0 Å². The average molecular weight is 250 g/mol. The Morgan fingerprint density at radius 2 is 1.83 bits per heavy atom. The van der Waals surface area contributed by atoms with Crippen molar-refractivity contribution in [2.24, 2.45) is 5.73 Å². The van der Waals surface area contributed by atoms with Gasteiger partial charge >= 0.3 is 0 Å². The van der Waals surface area contributed by atoms with E-state index in [4.69, 9.17) is 5.73 Å². The zero-order valence-corrected chi connectivity index (χ0v) is 11.3. The lowest BCUT2D eigenvalue weighted by Crippen LogP contribution is -2.51. The molecule has 0 aromatic heterocycles. The summed E-state index contributed by atoms with van der Waals surface area (Å²) < 4.78 is 13.0. The normalized spacial score (nSPS) is 21.8. The lowest BCUT2D eigenvalue weighted by Gasteiger charge is -2.43. The molecule has 2 rings (SSSR count). The Hall–Kier alpha value is -0.930. The molecule has 0 aliphatic carbocycles. The number of hydrogen-bond donors (Lipinski definition) is 1. The first-order valence-corrected chi connectivity index (χ1v) is 6.84. The molecule has 0 saturated carbocycles. The summed E-state index contributed by atoms with van der Waals surface area (Å²) >= 11 is 0. The van der Waals surface area contributed by atoms with Gasteiger partial charge in [0.25, 0.3) is 0 Å². The monoisotopic (exact) mass is 250 g/mol. The van der Waals surface area contributed by atoms with Gasteiger partial charge in [-0.1, -0.05) is 19.1 Å². The van der Waals surface area contributed by atoms with Crippen molar-refractivity contribution >= 4 is 0 Å². The largest absolute Gasteiger partial charge is 0.322 e. The van der Waals surface area contributed by atoms with Gasteiger partial charge in [-0.25, -0.2) is 4.39 Å². The quantitative estimate of drug-likeness (QED) is 0.889. The summed E-state index contributed by atoms with van der Waals surface area (Å²) in [5.41, 5.74) is 7.44. The highest BCUT2D eigenvalue weighted by atomic mass is 19.1. The summed E-state index contributed by atoms with van der Waals surface area (Å²) in [5, 5.41) is 0. The Kier molecular flexibility index (Phi) is 4.03. The molecular weight excluding hydrogens is 227 g/mol. The van der Waals surface area contributed by atoms with E-state index in [1.54, 1.807) is 0 Å². The van der Waals surface area contributed by atoms with Crippen molar-refractivity contribution in [1.29, 1.82) is 0 Å². The molecule has 100 valence electrons. The number of likely N-dealkylation sites (tertiary alicyclic amines) is 1. The van der Waals surface area contributed by atoms with E-state index in [-0.39, 0.29) is 17.4 Å². The second-order valence-corrected chi connectivity index (χ2v) is 5.43. The molecule has 1 saturated heterocycles. The van der Waals surface area contributed by atoms with E-state index in [1.165, 1.54) is 25.0 Å². The van der Waals surface area contributed by atoms with E-state index >= 15 is 0 Å². The maximum absolute atomic E-state index is 13.0. The van der Waals surface area contributed by atoms with Crippen LogP contribution in [-0.2, 0) is 0 Å². The van der Waals surface area contributed by atoms with Crippen LogP contribution in [0.5, 0.6) is 0 Å². The van der Waals surface area contributed by atoms with Gasteiger partial charge in [-0.05, 0) is 57.0 Å². The molecule has 1 aromatic carbocycles. The zero-order chi connectivity index (χ0) is 13.2. The maximum atomic E-state index is 13.0. The minimum atomic E-state index is -0.203. The molecule has 2 N–H and O–H groups in total. The molecular formula is C15H23FN2. The molecule has 3 heteroatoms. The van der Waals surface area contributed by atoms with Crippen LogP contribution in [-0.4, -0.2) is 23.5 Å². The van der Waals surface area contributed by atoms with E-state index in [1.807, 2.05) is 12.1 Å². The van der Waals surface area contributed by atoms with Crippen molar-refractivity contribution in [1.82, 2.24) is 4.90 Å². The van der Waals surface area contributed by atoms with Gasteiger partial charge in [0.05, 0.1) is 0 Å².